The molecule has 0 aliphatic heterocycles. The molecule has 0 saturated carbocycles. The molecule has 0 rings (SSSR count). The first kappa shape index (κ1) is 90.1. The number of ether oxygens (including phenoxy) is 4. The number of phosphoric acid groups is 2. The number of carbonyl (C=O) groups is 4. The molecule has 0 aromatic rings. The van der Waals surface area contributed by atoms with Crippen LogP contribution in [0, 0.1) is 23.7 Å². The summed E-state index contributed by atoms with van der Waals surface area (Å²) in [6, 6.07) is 0. The van der Waals surface area contributed by atoms with Gasteiger partial charge in [-0.25, -0.2) is 9.13 Å². The number of phosphoric ester groups is 2. The van der Waals surface area contributed by atoms with Crippen LogP contribution in [0.15, 0.2) is 0 Å². The second kappa shape index (κ2) is 62.6. The summed E-state index contributed by atoms with van der Waals surface area (Å²) in [7, 11) is -9.91. The standard InChI is InChI=1S/C73H142O17P2/c1-9-66(8)52-44-36-30-32-38-46-54-71(76)84-60-68(89-72(77)55-47-39-28-24-20-14-12-10-11-13-17-21-25-33-41-49-63(2)3)61-87-91(79,80)85-57-67(74)58-86-92(81,82)88-62-69(90-73(78)56-48-40-31-29-35-43-51-65(6)7)59-83-70(75)53-45-37-27-23-19-16-15-18-22-26-34-42-50-64(4)5/h63-69,74H,9-62H2,1-8H3,(H,79,80)(H,81,82)/t66?,67-,68+,69+/m0/s1. The van der Waals surface area contributed by atoms with Crippen molar-refractivity contribution >= 4 is 39.5 Å². The van der Waals surface area contributed by atoms with E-state index in [2.05, 4.69) is 55.4 Å². The van der Waals surface area contributed by atoms with Crippen molar-refractivity contribution in [1.29, 1.82) is 0 Å². The van der Waals surface area contributed by atoms with Crippen molar-refractivity contribution in [3.63, 3.8) is 0 Å². The van der Waals surface area contributed by atoms with Crippen LogP contribution in [0.4, 0.5) is 0 Å². The number of esters is 4. The summed E-state index contributed by atoms with van der Waals surface area (Å²) in [5.41, 5.74) is 0. The Balaban J connectivity index is 5.19. The Morgan fingerprint density at radius 3 is 0.772 bits per heavy atom. The van der Waals surface area contributed by atoms with Gasteiger partial charge in [-0.1, -0.05) is 312 Å². The molecule has 0 bridgehead atoms. The molecule has 546 valence electrons. The number of hydrogen-bond donors (Lipinski definition) is 3. The van der Waals surface area contributed by atoms with Gasteiger partial charge in [-0.05, 0) is 49.4 Å². The fraction of sp³-hybridized carbons (Fsp3) is 0.945. The van der Waals surface area contributed by atoms with Gasteiger partial charge in [0, 0.05) is 25.7 Å². The Kier molecular flexibility index (Phi) is 61.3. The molecule has 0 spiro atoms. The van der Waals surface area contributed by atoms with E-state index >= 15 is 0 Å². The van der Waals surface area contributed by atoms with E-state index in [1.54, 1.807) is 0 Å². The number of hydrogen-bond acceptors (Lipinski definition) is 15. The lowest BCUT2D eigenvalue weighted by Crippen LogP contribution is -2.30. The summed E-state index contributed by atoms with van der Waals surface area (Å²) in [5, 5.41) is 10.6. The Bertz CT molecular complexity index is 1820. The summed E-state index contributed by atoms with van der Waals surface area (Å²) in [5.74, 6) is 0.854. The van der Waals surface area contributed by atoms with Crippen LogP contribution in [0.2, 0.25) is 0 Å². The van der Waals surface area contributed by atoms with E-state index < -0.39 is 97.5 Å². The van der Waals surface area contributed by atoms with E-state index in [9.17, 15) is 43.2 Å². The van der Waals surface area contributed by atoms with Gasteiger partial charge in [0.05, 0.1) is 26.4 Å². The topological polar surface area (TPSA) is 237 Å². The van der Waals surface area contributed by atoms with Gasteiger partial charge >= 0.3 is 39.5 Å². The first-order valence-corrected chi connectivity index (χ1v) is 40.7. The smallest absolute Gasteiger partial charge is 0.462 e. The van der Waals surface area contributed by atoms with Crippen LogP contribution >= 0.6 is 15.6 Å². The normalized spacial score (nSPS) is 14.5. The summed E-state index contributed by atoms with van der Waals surface area (Å²) >= 11 is 0. The van der Waals surface area contributed by atoms with Gasteiger partial charge in [0.15, 0.2) is 12.2 Å². The van der Waals surface area contributed by atoms with Crippen molar-refractivity contribution in [2.24, 2.45) is 23.7 Å². The maximum atomic E-state index is 13.0. The summed E-state index contributed by atoms with van der Waals surface area (Å²) in [6.07, 6.45) is 46.1. The monoisotopic (exact) mass is 1350 g/mol. The van der Waals surface area contributed by atoms with E-state index in [-0.39, 0.29) is 25.7 Å². The predicted octanol–water partition coefficient (Wildman–Crippen LogP) is 20.9. The predicted molar refractivity (Wildman–Crippen MR) is 372 cm³/mol. The van der Waals surface area contributed by atoms with Crippen LogP contribution < -0.4 is 0 Å². The molecule has 0 heterocycles. The highest BCUT2D eigenvalue weighted by atomic mass is 31.2. The molecule has 3 unspecified atom stereocenters. The van der Waals surface area contributed by atoms with Crippen LogP contribution in [0.3, 0.4) is 0 Å². The minimum atomic E-state index is -4.95. The van der Waals surface area contributed by atoms with Gasteiger partial charge in [0.1, 0.15) is 19.3 Å². The lowest BCUT2D eigenvalue weighted by molar-refractivity contribution is -0.161. The molecule has 0 amide bonds. The van der Waals surface area contributed by atoms with Crippen molar-refractivity contribution in [3.05, 3.63) is 0 Å². The molecule has 6 atom stereocenters. The van der Waals surface area contributed by atoms with Gasteiger partial charge in [-0.2, -0.15) is 0 Å². The minimum Gasteiger partial charge on any atom is -0.462 e. The summed E-state index contributed by atoms with van der Waals surface area (Å²) in [6.45, 7) is 14.1. The number of unbranched alkanes of at least 4 members (excludes halogenated alkanes) is 35. The molecule has 3 N–H and O–H groups in total. The van der Waals surface area contributed by atoms with Gasteiger partial charge in [-0.15, -0.1) is 0 Å². The molecule has 0 aliphatic rings. The molecule has 0 radical (unpaired) electrons. The molecular weight excluding hydrogens is 1210 g/mol. The Hall–Kier alpha value is -1.94. The van der Waals surface area contributed by atoms with Crippen LogP contribution in [0.25, 0.3) is 0 Å². The number of aliphatic hydroxyl groups excluding tert-OH is 1. The molecular formula is C73H142O17P2. The highest BCUT2D eigenvalue weighted by molar-refractivity contribution is 7.47. The van der Waals surface area contributed by atoms with Crippen LogP contribution in [0.1, 0.15) is 364 Å². The molecule has 0 aromatic heterocycles. The Labute approximate surface area is 562 Å². The molecule has 0 saturated heterocycles. The maximum Gasteiger partial charge on any atom is 0.472 e. The van der Waals surface area contributed by atoms with Crippen molar-refractivity contribution in [1.82, 2.24) is 0 Å². The lowest BCUT2D eigenvalue weighted by atomic mass is 10.00. The zero-order valence-electron chi connectivity index (χ0n) is 60.2. The van der Waals surface area contributed by atoms with Crippen molar-refractivity contribution in [2.45, 2.75) is 382 Å². The van der Waals surface area contributed by atoms with Crippen LogP contribution in [-0.2, 0) is 65.4 Å². The van der Waals surface area contributed by atoms with E-state index in [1.807, 2.05) is 0 Å². The van der Waals surface area contributed by atoms with Gasteiger partial charge in [-0.3, -0.25) is 37.3 Å². The van der Waals surface area contributed by atoms with Gasteiger partial charge in [0.25, 0.3) is 0 Å². The second-order valence-corrected chi connectivity index (χ2v) is 30.9. The van der Waals surface area contributed by atoms with Crippen LogP contribution in [-0.4, -0.2) is 96.7 Å². The first-order valence-electron chi connectivity index (χ1n) is 37.7. The van der Waals surface area contributed by atoms with Gasteiger partial charge < -0.3 is 33.8 Å². The fourth-order valence-corrected chi connectivity index (χ4v) is 12.6. The third kappa shape index (κ3) is 65.4. The van der Waals surface area contributed by atoms with Crippen molar-refractivity contribution < 1.29 is 80.2 Å². The van der Waals surface area contributed by atoms with Crippen molar-refractivity contribution in [3.8, 4) is 0 Å². The summed E-state index contributed by atoms with van der Waals surface area (Å²) < 4.78 is 68.3. The third-order valence-corrected chi connectivity index (χ3v) is 19.1. The third-order valence-electron chi connectivity index (χ3n) is 17.2. The first-order chi connectivity index (χ1) is 44.1. The zero-order chi connectivity index (χ0) is 68.2. The highest BCUT2D eigenvalue weighted by Crippen LogP contribution is 2.45. The lowest BCUT2D eigenvalue weighted by Gasteiger charge is -2.21. The quantitative estimate of drug-likeness (QED) is 0.0222. The minimum absolute atomic E-state index is 0.102. The Morgan fingerprint density at radius 1 is 0.304 bits per heavy atom. The molecule has 17 nitrogen and oxygen atoms in total. The fourth-order valence-electron chi connectivity index (χ4n) is 11.0. The average molecular weight is 1350 g/mol. The molecule has 0 aromatic carbocycles. The molecule has 19 heteroatoms. The van der Waals surface area contributed by atoms with Crippen LogP contribution in [0.5, 0.6) is 0 Å². The van der Waals surface area contributed by atoms with Crippen molar-refractivity contribution in [2.75, 3.05) is 39.6 Å². The molecule has 0 aliphatic carbocycles. The second-order valence-electron chi connectivity index (χ2n) is 28.0. The van der Waals surface area contributed by atoms with E-state index in [1.165, 1.54) is 161 Å². The number of aliphatic hydroxyl groups is 1. The SMILES string of the molecule is CCC(C)CCCCCCCCC(=O)OC[C@H](COP(=O)(O)OC[C@H](O)COP(=O)(O)OC[C@@H](COC(=O)CCCCCCCCCCCCCCC(C)C)OC(=O)CCCCCCCCC(C)C)OC(=O)CCCCCCCCCCCCCCCCCC(C)C. The Morgan fingerprint density at radius 2 is 0.522 bits per heavy atom. The van der Waals surface area contributed by atoms with E-state index in [0.29, 0.717) is 31.6 Å². The van der Waals surface area contributed by atoms with E-state index in [0.717, 1.165) is 114 Å². The molecule has 92 heavy (non-hydrogen) atoms. The number of carbonyl (C=O) groups excluding carboxylic acids is 4. The molecule has 0 fully saturated rings. The largest absolute Gasteiger partial charge is 0.472 e. The zero-order valence-corrected chi connectivity index (χ0v) is 62.0. The number of rotatable bonds is 70. The maximum absolute atomic E-state index is 13.0. The average Bonchev–Trinajstić information content (AvgIpc) is 1.39. The summed E-state index contributed by atoms with van der Waals surface area (Å²) in [4.78, 5) is 72.6. The van der Waals surface area contributed by atoms with Gasteiger partial charge in [0.2, 0.25) is 0 Å². The van der Waals surface area contributed by atoms with E-state index in [4.69, 9.17) is 37.0 Å². The highest BCUT2D eigenvalue weighted by Gasteiger charge is 2.30.